The number of thioether (sulfide) groups is 1. The van der Waals surface area contributed by atoms with Crippen molar-refractivity contribution in [1.29, 1.82) is 0 Å². The molecule has 1 aliphatic carbocycles. The minimum absolute atomic E-state index is 0.000147. The van der Waals surface area contributed by atoms with Crippen molar-refractivity contribution in [3.05, 3.63) is 65.5 Å². The molecule has 1 saturated carbocycles. The van der Waals surface area contributed by atoms with E-state index in [-0.39, 0.29) is 5.91 Å². The van der Waals surface area contributed by atoms with Gasteiger partial charge < -0.3 is 14.8 Å². The zero-order valence-corrected chi connectivity index (χ0v) is 17.8. The summed E-state index contributed by atoms with van der Waals surface area (Å²) in [5.74, 6) is 2.24. The summed E-state index contributed by atoms with van der Waals surface area (Å²) in [7, 11) is 3.28. The van der Waals surface area contributed by atoms with Gasteiger partial charge in [-0.2, -0.15) is 0 Å². The molecule has 0 bridgehead atoms. The summed E-state index contributed by atoms with van der Waals surface area (Å²) in [5, 5.41) is 12.4. The average molecular weight is 425 g/mol. The predicted molar refractivity (Wildman–Crippen MR) is 115 cm³/mol. The smallest absolute Gasteiger partial charge is 0.251 e. The summed E-state index contributed by atoms with van der Waals surface area (Å²) in [4.78, 5) is 12.1. The number of methoxy groups -OCH3 is 2. The molecule has 0 radical (unpaired) electrons. The standard InChI is InChI=1S/C22H24N4O3S/c1-28-13-20-24-25-22(26(20)18-9-11-19(29-2)12-10-18)30-14-15-3-5-16(6-4-15)21(27)23-17-7-8-17/h3-6,9-12,17H,7-8,13-14H2,1-2H3,(H,23,27). The second-order valence-corrected chi connectivity index (χ2v) is 8.04. The van der Waals surface area contributed by atoms with Crippen LogP contribution >= 0.6 is 11.8 Å². The first kappa shape index (κ1) is 20.4. The van der Waals surface area contributed by atoms with Gasteiger partial charge in [0.15, 0.2) is 11.0 Å². The van der Waals surface area contributed by atoms with Crippen molar-refractivity contribution in [3.63, 3.8) is 0 Å². The average Bonchev–Trinajstić information content (AvgIpc) is 3.51. The first-order valence-electron chi connectivity index (χ1n) is 9.78. The number of ether oxygens (including phenoxy) is 2. The van der Waals surface area contributed by atoms with Gasteiger partial charge >= 0.3 is 0 Å². The van der Waals surface area contributed by atoms with E-state index in [1.807, 2.05) is 53.1 Å². The van der Waals surface area contributed by atoms with Gasteiger partial charge in [0.05, 0.1) is 7.11 Å². The van der Waals surface area contributed by atoms with Crippen LogP contribution in [-0.4, -0.2) is 40.9 Å². The molecule has 1 amide bonds. The molecule has 1 aromatic heterocycles. The predicted octanol–water partition coefficient (Wildman–Crippen LogP) is 3.61. The molecular weight excluding hydrogens is 400 g/mol. The molecule has 0 atom stereocenters. The molecule has 30 heavy (non-hydrogen) atoms. The normalized spacial score (nSPS) is 13.3. The number of nitrogens with zero attached hydrogens (tertiary/aromatic N) is 3. The molecule has 2 aromatic carbocycles. The first-order chi connectivity index (χ1) is 14.7. The highest BCUT2D eigenvalue weighted by molar-refractivity contribution is 7.98. The van der Waals surface area contributed by atoms with Gasteiger partial charge in [-0.15, -0.1) is 10.2 Å². The van der Waals surface area contributed by atoms with Crippen molar-refractivity contribution >= 4 is 17.7 Å². The third kappa shape index (κ3) is 4.83. The molecule has 1 heterocycles. The highest BCUT2D eigenvalue weighted by atomic mass is 32.2. The molecule has 1 aliphatic rings. The Hall–Kier alpha value is -2.84. The van der Waals surface area contributed by atoms with Gasteiger partial charge in [-0.1, -0.05) is 23.9 Å². The fraction of sp³-hybridized carbons (Fsp3) is 0.318. The van der Waals surface area contributed by atoms with E-state index in [1.165, 1.54) is 0 Å². The second-order valence-electron chi connectivity index (χ2n) is 7.10. The largest absolute Gasteiger partial charge is 0.497 e. The van der Waals surface area contributed by atoms with Crippen molar-refractivity contribution in [2.45, 2.75) is 36.4 Å². The lowest BCUT2D eigenvalue weighted by Gasteiger charge is -2.11. The lowest BCUT2D eigenvalue weighted by atomic mass is 10.1. The summed E-state index contributed by atoms with van der Waals surface area (Å²) >= 11 is 1.59. The van der Waals surface area contributed by atoms with Gasteiger partial charge in [-0.05, 0) is 54.8 Å². The lowest BCUT2D eigenvalue weighted by Crippen LogP contribution is -2.25. The number of nitrogens with one attached hydrogen (secondary N) is 1. The number of aromatic nitrogens is 3. The zero-order valence-electron chi connectivity index (χ0n) is 17.0. The molecular formula is C22H24N4O3S. The Bertz CT molecular complexity index is 998. The quantitative estimate of drug-likeness (QED) is 0.529. The minimum Gasteiger partial charge on any atom is -0.497 e. The van der Waals surface area contributed by atoms with Gasteiger partial charge in [0.25, 0.3) is 5.91 Å². The zero-order chi connectivity index (χ0) is 20.9. The van der Waals surface area contributed by atoms with Crippen LogP contribution in [-0.2, 0) is 17.1 Å². The molecule has 8 heteroatoms. The Morgan fingerprint density at radius 3 is 2.47 bits per heavy atom. The van der Waals surface area contributed by atoms with Crippen LogP contribution in [0.1, 0.15) is 34.6 Å². The molecule has 0 saturated heterocycles. The SMILES string of the molecule is COCc1nnc(SCc2ccc(C(=O)NC3CC3)cc2)n1-c1ccc(OC)cc1. The van der Waals surface area contributed by atoms with E-state index in [4.69, 9.17) is 9.47 Å². The van der Waals surface area contributed by atoms with Crippen LogP contribution in [0.3, 0.4) is 0 Å². The molecule has 1 fully saturated rings. The van der Waals surface area contributed by atoms with Crippen LogP contribution in [0.4, 0.5) is 0 Å². The van der Waals surface area contributed by atoms with E-state index in [0.717, 1.165) is 40.8 Å². The minimum atomic E-state index is 0.000147. The Kier molecular flexibility index (Phi) is 6.35. The lowest BCUT2D eigenvalue weighted by molar-refractivity contribution is 0.0951. The van der Waals surface area contributed by atoms with Gasteiger partial charge in [0.2, 0.25) is 0 Å². The number of hydrogen-bond acceptors (Lipinski definition) is 6. The Morgan fingerprint density at radius 1 is 1.10 bits per heavy atom. The van der Waals surface area contributed by atoms with Crippen molar-refractivity contribution in [2.24, 2.45) is 0 Å². The topological polar surface area (TPSA) is 78.3 Å². The molecule has 1 N–H and O–H groups in total. The number of hydrogen-bond donors (Lipinski definition) is 1. The van der Waals surface area contributed by atoms with E-state index >= 15 is 0 Å². The number of carbonyl (C=O) groups excluding carboxylic acids is 1. The summed E-state index contributed by atoms with van der Waals surface area (Å²) in [6.07, 6.45) is 2.17. The molecule has 156 valence electrons. The Labute approximate surface area is 179 Å². The molecule has 3 aromatic rings. The van der Waals surface area contributed by atoms with Crippen molar-refractivity contribution in [1.82, 2.24) is 20.1 Å². The van der Waals surface area contributed by atoms with E-state index < -0.39 is 0 Å². The van der Waals surface area contributed by atoms with Gasteiger partial charge in [0.1, 0.15) is 12.4 Å². The van der Waals surface area contributed by atoms with Crippen LogP contribution < -0.4 is 10.1 Å². The van der Waals surface area contributed by atoms with Crippen LogP contribution in [0.5, 0.6) is 5.75 Å². The molecule has 0 aliphatic heterocycles. The summed E-state index contributed by atoms with van der Waals surface area (Å²) in [6, 6.07) is 15.8. The third-order valence-electron chi connectivity index (χ3n) is 4.80. The van der Waals surface area contributed by atoms with E-state index in [2.05, 4.69) is 15.5 Å². The number of benzene rings is 2. The fourth-order valence-corrected chi connectivity index (χ4v) is 3.93. The maximum atomic E-state index is 12.1. The molecule has 0 unspecified atom stereocenters. The van der Waals surface area contributed by atoms with E-state index in [1.54, 1.807) is 26.0 Å². The molecule has 4 rings (SSSR count). The highest BCUT2D eigenvalue weighted by Gasteiger charge is 2.23. The highest BCUT2D eigenvalue weighted by Crippen LogP contribution is 2.27. The molecule has 7 nitrogen and oxygen atoms in total. The van der Waals surface area contributed by atoms with Crippen LogP contribution in [0.2, 0.25) is 0 Å². The van der Waals surface area contributed by atoms with Crippen molar-refractivity contribution < 1.29 is 14.3 Å². The second kappa shape index (κ2) is 9.32. The summed E-state index contributed by atoms with van der Waals surface area (Å²) in [5.41, 5.74) is 2.75. The third-order valence-corrected chi connectivity index (χ3v) is 5.80. The van der Waals surface area contributed by atoms with Crippen molar-refractivity contribution in [3.8, 4) is 11.4 Å². The van der Waals surface area contributed by atoms with E-state index in [0.29, 0.717) is 24.0 Å². The Morgan fingerprint density at radius 2 is 1.83 bits per heavy atom. The van der Waals surface area contributed by atoms with Crippen LogP contribution in [0.15, 0.2) is 53.7 Å². The maximum absolute atomic E-state index is 12.1. The van der Waals surface area contributed by atoms with E-state index in [9.17, 15) is 4.79 Å². The number of rotatable bonds is 9. The summed E-state index contributed by atoms with van der Waals surface area (Å²) < 4.78 is 12.5. The van der Waals surface area contributed by atoms with Gasteiger partial charge in [0, 0.05) is 30.2 Å². The van der Waals surface area contributed by atoms with Gasteiger partial charge in [-0.3, -0.25) is 9.36 Å². The van der Waals surface area contributed by atoms with Crippen LogP contribution in [0.25, 0.3) is 5.69 Å². The van der Waals surface area contributed by atoms with Crippen molar-refractivity contribution in [2.75, 3.05) is 14.2 Å². The molecule has 0 spiro atoms. The van der Waals surface area contributed by atoms with Gasteiger partial charge in [-0.25, -0.2) is 0 Å². The number of carbonyl (C=O) groups is 1. The maximum Gasteiger partial charge on any atom is 0.251 e. The van der Waals surface area contributed by atoms with Crippen LogP contribution in [0, 0.1) is 0 Å². The monoisotopic (exact) mass is 424 g/mol. The Balaban J connectivity index is 1.48. The summed E-state index contributed by atoms with van der Waals surface area (Å²) in [6.45, 7) is 0.365. The first-order valence-corrected chi connectivity index (χ1v) is 10.8. The fourth-order valence-electron chi connectivity index (χ4n) is 3.00. The number of amides is 1.